The fourth-order valence-corrected chi connectivity index (χ4v) is 2.96. The number of carbonyl (C=O) groups excluding carboxylic acids is 1. The number of benzene rings is 1. The summed E-state index contributed by atoms with van der Waals surface area (Å²) in [6, 6.07) is 6.25. The van der Waals surface area contributed by atoms with Crippen LogP contribution in [0.1, 0.15) is 63.5 Å². The molecule has 0 spiro atoms. The van der Waals surface area contributed by atoms with Gasteiger partial charge in [-0.05, 0) is 37.0 Å². The molecule has 0 radical (unpaired) electrons. The first-order valence-corrected chi connectivity index (χ1v) is 7.70. The Morgan fingerprint density at radius 1 is 1.25 bits per heavy atom. The van der Waals surface area contributed by atoms with Gasteiger partial charge in [-0.15, -0.1) is 0 Å². The van der Waals surface area contributed by atoms with Crippen molar-refractivity contribution in [1.82, 2.24) is 5.32 Å². The minimum absolute atomic E-state index is 0.0607. The van der Waals surface area contributed by atoms with Crippen LogP contribution < -0.4 is 5.32 Å². The van der Waals surface area contributed by atoms with Crippen LogP contribution in [0.25, 0.3) is 0 Å². The summed E-state index contributed by atoms with van der Waals surface area (Å²) < 4.78 is 12.9. The minimum Gasteiger partial charge on any atom is -0.350 e. The van der Waals surface area contributed by atoms with Gasteiger partial charge >= 0.3 is 0 Å². The monoisotopic (exact) mass is 277 g/mol. The molecule has 110 valence electrons. The third-order valence-electron chi connectivity index (χ3n) is 4.25. The maximum absolute atomic E-state index is 12.9. The molecule has 1 atom stereocenters. The lowest BCUT2D eigenvalue weighted by Gasteiger charge is -2.21. The summed E-state index contributed by atoms with van der Waals surface area (Å²) in [5, 5.41) is 2.99. The molecular formula is C17H24FNO. The van der Waals surface area contributed by atoms with Crippen LogP contribution in [0.5, 0.6) is 0 Å². The lowest BCUT2D eigenvalue weighted by molar-refractivity contribution is -0.122. The highest BCUT2D eigenvalue weighted by molar-refractivity contribution is 5.76. The molecule has 3 heteroatoms. The highest BCUT2D eigenvalue weighted by Gasteiger charge is 2.16. The zero-order chi connectivity index (χ0) is 14.4. The summed E-state index contributed by atoms with van der Waals surface area (Å²) >= 11 is 0. The number of carbonyl (C=O) groups is 1. The number of hydrogen-bond donors (Lipinski definition) is 1. The number of amides is 1. The molecular weight excluding hydrogens is 253 g/mol. The van der Waals surface area contributed by atoms with E-state index in [1.807, 2.05) is 6.92 Å². The van der Waals surface area contributed by atoms with E-state index in [1.54, 1.807) is 12.1 Å². The van der Waals surface area contributed by atoms with E-state index in [9.17, 15) is 9.18 Å². The van der Waals surface area contributed by atoms with Crippen LogP contribution >= 0.6 is 0 Å². The van der Waals surface area contributed by atoms with Crippen molar-refractivity contribution in [3.05, 3.63) is 35.6 Å². The van der Waals surface area contributed by atoms with E-state index >= 15 is 0 Å². The summed E-state index contributed by atoms with van der Waals surface area (Å²) in [5.41, 5.74) is 0.942. The first-order valence-electron chi connectivity index (χ1n) is 7.70. The molecule has 1 aliphatic carbocycles. The van der Waals surface area contributed by atoms with E-state index in [4.69, 9.17) is 0 Å². The Bertz CT molecular complexity index is 423. The van der Waals surface area contributed by atoms with Crippen LogP contribution in [-0.4, -0.2) is 5.91 Å². The van der Waals surface area contributed by atoms with Crippen LogP contribution in [0.15, 0.2) is 24.3 Å². The fraction of sp³-hybridized carbons (Fsp3) is 0.588. The van der Waals surface area contributed by atoms with Gasteiger partial charge < -0.3 is 5.32 Å². The van der Waals surface area contributed by atoms with Crippen LogP contribution in [-0.2, 0) is 4.79 Å². The average molecular weight is 277 g/mol. The smallest absolute Gasteiger partial charge is 0.220 e. The highest BCUT2D eigenvalue weighted by Crippen LogP contribution is 2.27. The van der Waals surface area contributed by atoms with Crippen molar-refractivity contribution in [3.8, 4) is 0 Å². The molecule has 0 heterocycles. The van der Waals surface area contributed by atoms with Gasteiger partial charge in [0.05, 0.1) is 6.04 Å². The molecule has 1 aromatic rings. The Morgan fingerprint density at radius 2 is 1.90 bits per heavy atom. The molecule has 2 rings (SSSR count). The van der Waals surface area contributed by atoms with Gasteiger partial charge in [-0.2, -0.15) is 0 Å². The van der Waals surface area contributed by atoms with Gasteiger partial charge in [0, 0.05) is 6.42 Å². The van der Waals surface area contributed by atoms with Crippen LogP contribution in [0, 0.1) is 11.7 Å². The Hall–Kier alpha value is -1.38. The number of rotatable bonds is 5. The Morgan fingerprint density at radius 3 is 2.55 bits per heavy atom. The molecule has 0 saturated heterocycles. The molecule has 0 aromatic heterocycles. The average Bonchev–Trinajstić information content (AvgIpc) is 2.47. The molecule has 1 aliphatic rings. The topological polar surface area (TPSA) is 29.1 Å². The van der Waals surface area contributed by atoms with E-state index in [0.29, 0.717) is 6.42 Å². The minimum atomic E-state index is -0.246. The Labute approximate surface area is 120 Å². The Kier molecular flexibility index (Phi) is 5.57. The van der Waals surface area contributed by atoms with Gasteiger partial charge in [-0.25, -0.2) is 4.39 Å². The second kappa shape index (κ2) is 7.41. The van der Waals surface area contributed by atoms with Crippen LogP contribution in [0.2, 0.25) is 0 Å². The van der Waals surface area contributed by atoms with Crippen LogP contribution in [0.3, 0.4) is 0 Å². The van der Waals surface area contributed by atoms with E-state index in [2.05, 4.69) is 5.32 Å². The lowest BCUT2D eigenvalue weighted by Crippen LogP contribution is -2.27. The van der Waals surface area contributed by atoms with Crippen molar-refractivity contribution < 1.29 is 9.18 Å². The number of nitrogens with one attached hydrogen (secondary N) is 1. The molecule has 20 heavy (non-hydrogen) atoms. The maximum Gasteiger partial charge on any atom is 0.220 e. The summed E-state index contributed by atoms with van der Waals surface area (Å²) in [5.74, 6) is 0.590. The molecule has 0 bridgehead atoms. The third kappa shape index (κ3) is 4.62. The largest absolute Gasteiger partial charge is 0.350 e. The number of halogens is 1. The van der Waals surface area contributed by atoms with Crippen molar-refractivity contribution in [2.75, 3.05) is 0 Å². The number of hydrogen-bond acceptors (Lipinski definition) is 1. The molecule has 1 saturated carbocycles. The molecule has 0 aliphatic heterocycles. The zero-order valence-corrected chi connectivity index (χ0v) is 12.2. The van der Waals surface area contributed by atoms with E-state index < -0.39 is 0 Å². The second-order valence-corrected chi connectivity index (χ2v) is 5.88. The lowest BCUT2D eigenvalue weighted by atomic mass is 9.86. The predicted molar refractivity (Wildman–Crippen MR) is 78.8 cm³/mol. The normalized spacial score (nSPS) is 17.7. The standard InChI is InChI=1S/C17H24FNO/c1-13(15-8-10-16(18)11-9-15)19-17(20)12-7-14-5-3-2-4-6-14/h8-11,13-14H,2-7,12H2,1H3,(H,19,20). The van der Waals surface area contributed by atoms with Gasteiger partial charge in [0.1, 0.15) is 5.82 Å². The summed E-state index contributed by atoms with van der Waals surface area (Å²) in [6.45, 7) is 1.94. The first-order chi connectivity index (χ1) is 9.65. The molecule has 1 unspecified atom stereocenters. The van der Waals surface area contributed by atoms with Crippen molar-refractivity contribution in [2.45, 2.75) is 57.9 Å². The van der Waals surface area contributed by atoms with Gasteiger partial charge in [-0.1, -0.05) is 44.2 Å². The van der Waals surface area contributed by atoms with Crippen molar-refractivity contribution >= 4 is 5.91 Å². The summed E-state index contributed by atoms with van der Waals surface area (Å²) in [4.78, 5) is 12.0. The van der Waals surface area contributed by atoms with E-state index in [0.717, 1.165) is 17.9 Å². The van der Waals surface area contributed by atoms with Gasteiger partial charge in [-0.3, -0.25) is 4.79 Å². The molecule has 1 fully saturated rings. The molecule has 1 N–H and O–H groups in total. The SMILES string of the molecule is CC(NC(=O)CCC1CCCCC1)c1ccc(F)cc1. The highest BCUT2D eigenvalue weighted by atomic mass is 19.1. The van der Waals surface area contributed by atoms with Crippen molar-refractivity contribution in [1.29, 1.82) is 0 Å². The van der Waals surface area contributed by atoms with E-state index in [1.165, 1.54) is 44.2 Å². The molecule has 1 amide bonds. The quantitative estimate of drug-likeness (QED) is 0.851. The van der Waals surface area contributed by atoms with Gasteiger partial charge in [0.15, 0.2) is 0 Å². The second-order valence-electron chi connectivity index (χ2n) is 5.88. The van der Waals surface area contributed by atoms with Crippen molar-refractivity contribution in [2.24, 2.45) is 5.92 Å². The van der Waals surface area contributed by atoms with Gasteiger partial charge in [0.2, 0.25) is 5.91 Å². The summed E-state index contributed by atoms with van der Waals surface area (Å²) in [6.07, 6.45) is 8.15. The van der Waals surface area contributed by atoms with Crippen LogP contribution in [0.4, 0.5) is 4.39 Å². The maximum atomic E-state index is 12.9. The fourth-order valence-electron chi connectivity index (χ4n) is 2.96. The third-order valence-corrected chi connectivity index (χ3v) is 4.25. The van der Waals surface area contributed by atoms with Gasteiger partial charge in [0.25, 0.3) is 0 Å². The molecule has 2 nitrogen and oxygen atoms in total. The zero-order valence-electron chi connectivity index (χ0n) is 12.2. The summed E-state index contributed by atoms with van der Waals surface area (Å²) in [7, 11) is 0. The first kappa shape index (κ1) is 15.0. The van der Waals surface area contributed by atoms with E-state index in [-0.39, 0.29) is 17.8 Å². The molecule has 1 aromatic carbocycles. The van der Waals surface area contributed by atoms with Crippen molar-refractivity contribution in [3.63, 3.8) is 0 Å². The predicted octanol–water partition coefficient (Wildman–Crippen LogP) is 4.36. The Balaban J connectivity index is 1.74.